The number of nitrogens with zero attached hydrogens (tertiary/aromatic N) is 1. The van der Waals surface area contributed by atoms with E-state index in [0.29, 0.717) is 5.69 Å². The largest absolute Gasteiger partial charge is 0.464 e. The molecule has 0 atom stereocenters. The summed E-state index contributed by atoms with van der Waals surface area (Å²) in [6.45, 7) is 6.84. The Bertz CT molecular complexity index is 1080. The lowest BCUT2D eigenvalue weighted by atomic mass is 10.0. The number of amides is 1. The van der Waals surface area contributed by atoms with Crippen LogP contribution in [0.5, 0.6) is 0 Å². The summed E-state index contributed by atoms with van der Waals surface area (Å²) in [7, 11) is 0. The maximum absolute atomic E-state index is 12.2. The lowest BCUT2D eigenvalue weighted by Gasteiger charge is -2.28. The van der Waals surface area contributed by atoms with Crippen LogP contribution in [0.2, 0.25) is 0 Å². The van der Waals surface area contributed by atoms with E-state index in [1.165, 1.54) is 0 Å². The van der Waals surface area contributed by atoms with Gasteiger partial charge < -0.3 is 24.1 Å². The number of esters is 1. The fraction of sp³-hybridized carbons (Fsp3) is 0.333. The molecule has 1 fully saturated rings. The van der Waals surface area contributed by atoms with E-state index >= 15 is 0 Å². The number of hydrogen-bond acceptors (Lipinski definition) is 6. The van der Waals surface area contributed by atoms with Gasteiger partial charge in [0.1, 0.15) is 5.58 Å². The van der Waals surface area contributed by atoms with Gasteiger partial charge in [0.15, 0.2) is 6.61 Å². The summed E-state index contributed by atoms with van der Waals surface area (Å²) in [5.74, 6) is -0.852. The number of fused-ring (bicyclic) bond motifs is 1. The summed E-state index contributed by atoms with van der Waals surface area (Å²) in [5, 5.41) is 3.65. The quantitative estimate of drug-likeness (QED) is 0.611. The molecule has 7 heteroatoms. The lowest BCUT2D eigenvalue weighted by Crippen LogP contribution is -2.36. The molecule has 0 spiro atoms. The number of carbonyl (C=O) groups excluding carboxylic acids is 2. The van der Waals surface area contributed by atoms with E-state index in [2.05, 4.69) is 10.2 Å². The van der Waals surface area contributed by atoms with Crippen LogP contribution < -0.4 is 10.2 Å². The van der Waals surface area contributed by atoms with Gasteiger partial charge in [-0.3, -0.25) is 9.59 Å². The van der Waals surface area contributed by atoms with Crippen LogP contribution in [-0.4, -0.2) is 44.8 Å². The molecule has 0 radical (unpaired) electrons. The van der Waals surface area contributed by atoms with Gasteiger partial charge in [-0.25, -0.2) is 0 Å². The van der Waals surface area contributed by atoms with Gasteiger partial charge in [0.05, 0.1) is 25.9 Å². The van der Waals surface area contributed by atoms with Crippen molar-refractivity contribution in [2.45, 2.75) is 20.3 Å². The molecule has 4 rings (SSSR count). The normalized spacial score (nSPS) is 13.9. The highest BCUT2D eigenvalue weighted by atomic mass is 16.5. The fourth-order valence-electron chi connectivity index (χ4n) is 3.60. The summed E-state index contributed by atoms with van der Waals surface area (Å²) < 4.78 is 16.1. The Morgan fingerprint density at radius 1 is 1.06 bits per heavy atom. The first-order chi connectivity index (χ1) is 15.0. The van der Waals surface area contributed by atoms with Crippen molar-refractivity contribution in [3.05, 3.63) is 59.4 Å². The monoisotopic (exact) mass is 422 g/mol. The molecule has 0 bridgehead atoms. The van der Waals surface area contributed by atoms with E-state index in [1.54, 1.807) is 6.26 Å². The Kier molecular flexibility index (Phi) is 6.23. The maximum atomic E-state index is 12.2. The number of ether oxygens (including phenoxy) is 2. The average Bonchev–Trinajstić information content (AvgIpc) is 3.15. The molecule has 0 unspecified atom stereocenters. The van der Waals surface area contributed by atoms with Crippen LogP contribution in [0.1, 0.15) is 16.7 Å². The first-order valence-corrected chi connectivity index (χ1v) is 10.3. The van der Waals surface area contributed by atoms with Crippen molar-refractivity contribution in [1.29, 1.82) is 0 Å². The number of aryl methyl sites for hydroxylation is 2. The molecule has 31 heavy (non-hydrogen) atoms. The van der Waals surface area contributed by atoms with Crippen molar-refractivity contribution in [3.63, 3.8) is 0 Å². The van der Waals surface area contributed by atoms with Crippen molar-refractivity contribution < 1.29 is 23.5 Å². The molecule has 1 aliphatic rings. The van der Waals surface area contributed by atoms with Crippen molar-refractivity contribution >= 4 is 34.2 Å². The molecule has 2 heterocycles. The van der Waals surface area contributed by atoms with E-state index in [1.807, 2.05) is 50.2 Å². The zero-order valence-electron chi connectivity index (χ0n) is 17.8. The van der Waals surface area contributed by atoms with Crippen LogP contribution in [0, 0.1) is 13.8 Å². The molecular formula is C24H26N2O5. The van der Waals surface area contributed by atoms with Gasteiger partial charge in [-0.15, -0.1) is 0 Å². The Morgan fingerprint density at radius 3 is 2.52 bits per heavy atom. The predicted octanol–water partition coefficient (Wildman–Crippen LogP) is 3.61. The molecule has 162 valence electrons. The van der Waals surface area contributed by atoms with E-state index in [9.17, 15) is 9.59 Å². The van der Waals surface area contributed by atoms with Crippen molar-refractivity contribution in [2.75, 3.05) is 43.1 Å². The van der Waals surface area contributed by atoms with Gasteiger partial charge in [-0.2, -0.15) is 0 Å². The predicted molar refractivity (Wildman–Crippen MR) is 118 cm³/mol. The lowest BCUT2D eigenvalue weighted by molar-refractivity contribution is -0.146. The average molecular weight is 422 g/mol. The number of morpholine rings is 1. The second-order valence-electron chi connectivity index (χ2n) is 7.73. The molecule has 0 aliphatic carbocycles. The Balaban J connectivity index is 1.28. The van der Waals surface area contributed by atoms with Gasteiger partial charge >= 0.3 is 5.97 Å². The smallest absolute Gasteiger partial charge is 0.310 e. The number of nitrogens with one attached hydrogen (secondary N) is 1. The first-order valence-electron chi connectivity index (χ1n) is 10.3. The summed E-state index contributed by atoms with van der Waals surface area (Å²) >= 11 is 0. The molecule has 1 aliphatic heterocycles. The topological polar surface area (TPSA) is 81.0 Å². The van der Waals surface area contributed by atoms with E-state index in [0.717, 1.165) is 59.7 Å². The molecule has 1 saturated heterocycles. The first kappa shape index (κ1) is 20.9. The summed E-state index contributed by atoms with van der Waals surface area (Å²) in [6.07, 6.45) is 1.62. The summed E-state index contributed by atoms with van der Waals surface area (Å²) in [6, 6.07) is 11.6. The van der Waals surface area contributed by atoms with Crippen molar-refractivity contribution in [1.82, 2.24) is 0 Å². The molecule has 7 nitrogen and oxygen atoms in total. The van der Waals surface area contributed by atoms with Gasteiger partial charge in [0.2, 0.25) is 0 Å². The van der Waals surface area contributed by atoms with E-state index < -0.39 is 5.97 Å². The molecule has 3 aromatic rings. The second-order valence-corrected chi connectivity index (χ2v) is 7.73. The SMILES string of the molecule is Cc1cc2occ(CC(=O)OCC(=O)Nc3ccc(N4CCOCC4)cc3)c2cc1C. The van der Waals surface area contributed by atoms with E-state index in [4.69, 9.17) is 13.9 Å². The van der Waals surface area contributed by atoms with Crippen molar-refractivity contribution in [3.8, 4) is 0 Å². The number of carbonyl (C=O) groups is 2. The van der Waals surface area contributed by atoms with Crippen LogP contribution in [-0.2, 0) is 25.5 Å². The van der Waals surface area contributed by atoms with E-state index in [-0.39, 0.29) is 18.9 Å². The molecule has 1 N–H and O–H groups in total. The van der Waals surface area contributed by atoms with Crippen LogP contribution >= 0.6 is 0 Å². The van der Waals surface area contributed by atoms with Gasteiger partial charge in [-0.05, 0) is 61.4 Å². The Morgan fingerprint density at radius 2 is 1.77 bits per heavy atom. The highest BCUT2D eigenvalue weighted by Gasteiger charge is 2.15. The molecule has 0 saturated carbocycles. The van der Waals surface area contributed by atoms with Crippen LogP contribution in [0.15, 0.2) is 47.1 Å². The fourth-order valence-corrected chi connectivity index (χ4v) is 3.60. The number of rotatable bonds is 6. The zero-order chi connectivity index (χ0) is 21.8. The number of benzene rings is 2. The van der Waals surface area contributed by atoms with Gasteiger partial charge in [0, 0.05) is 35.4 Å². The third kappa shape index (κ3) is 5.06. The highest BCUT2D eigenvalue weighted by molar-refractivity contribution is 5.93. The van der Waals surface area contributed by atoms with Crippen LogP contribution in [0.25, 0.3) is 11.0 Å². The molecule has 1 amide bonds. The third-order valence-corrected chi connectivity index (χ3v) is 5.50. The summed E-state index contributed by atoms with van der Waals surface area (Å²) in [5.41, 5.74) is 5.50. The van der Waals surface area contributed by atoms with Gasteiger partial charge in [0.25, 0.3) is 5.91 Å². The molecule has 2 aromatic carbocycles. The minimum absolute atomic E-state index is 0.0526. The van der Waals surface area contributed by atoms with Crippen molar-refractivity contribution in [2.24, 2.45) is 0 Å². The Hall–Kier alpha value is -3.32. The minimum Gasteiger partial charge on any atom is -0.464 e. The third-order valence-electron chi connectivity index (χ3n) is 5.50. The summed E-state index contributed by atoms with van der Waals surface area (Å²) in [4.78, 5) is 26.6. The maximum Gasteiger partial charge on any atom is 0.310 e. The number of hydrogen-bond donors (Lipinski definition) is 1. The highest BCUT2D eigenvalue weighted by Crippen LogP contribution is 2.25. The number of anilines is 2. The molecule has 1 aromatic heterocycles. The van der Waals surface area contributed by atoms with Crippen LogP contribution in [0.3, 0.4) is 0 Å². The zero-order valence-corrected chi connectivity index (χ0v) is 17.8. The van der Waals surface area contributed by atoms with Crippen LogP contribution in [0.4, 0.5) is 11.4 Å². The number of furan rings is 1. The van der Waals surface area contributed by atoms with Gasteiger partial charge in [-0.1, -0.05) is 0 Å². The Labute approximate surface area is 180 Å². The minimum atomic E-state index is -0.473. The molecular weight excluding hydrogens is 396 g/mol. The standard InChI is InChI=1S/C24H26N2O5/c1-16-11-21-18(14-30-22(21)12-17(16)2)13-24(28)31-15-23(27)25-19-3-5-20(6-4-19)26-7-9-29-10-8-26/h3-6,11-12,14H,7-10,13,15H2,1-2H3,(H,25,27). The second kappa shape index (κ2) is 9.22.